The van der Waals surface area contributed by atoms with E-state index < -0.39 is 37.1 Å². The number of hydrogen-bond donors (Lipinski definition) is 5. The molecule has 1 heterocycles. The molecule has 0 aliphatic carbocycles. The Morgan fingerprint density at radius 2 is 1.29 bits per heavy atom. The van der Waals surface area contributed by atoms with E-state index in [1.807, 2.05) is 0 Å². The summed E-state index contributed by atoms with van der Waals surface area (Å²) in [5, 5.41) is 57.8. The van der Waals surface area contributed by atoms with Gasteiger partial charge in [0.15, 0.2) is 0 Å². The molecule has 5 atom stereocenters. The highest BCUT2D eigenvalue weighted by Crippen LogP contribution is 2.18. The van der Waals surface area contributed by atoms with E-state index in [1.54, 1.807) is 13.1 Å². The van der Waals surface area contributed by atoms with E-state index in [-0.39, 0.29) is 13.2 Å². The third-order valence-corrected chi connectivity index (χ3v) is 7.88. The van der Waals surface area contributed by atoms with Gasteiger partial charge in [-0.2, -0.15) is 0 Å². The average Bonchev–Trinajstić information content (AvgIpc) is 3.45. The number of aliphatic hydroxyl groups excluding tert-OH is 5. The normalized spacial score (nSPS) is 15.7. The van der Waals surface area contributed by atoms with Crippen LogP contribution in [0.1, 0.15) is 122 Å². The Hall–Kier alpha value is -1.14. The Balaban J connectivity index is 2.54. The average molecular weight is 587 g/mol. The van der Waals surface area contributed by atoms with Crippen molar-refractivity contribution in [3.05, 3.63) is 11.9 Å². The molecule has 0 amide bonds. The van der Waals surface area contributed by atoms with E-state index in [0.29, 0.717) is 6.42 Å². The molecule has 1 rings (SSSR count). The second-order valence-corrected chi connectivity index (χ2v) is 11.6. The fraction of sp³-hybridized carbons (Fsp3) is 0.935. The minimum atomic E-state index is -1.30. The van der Waals surface area contributed by atoms with Crippen LogP contribution in [0, 0.1) is 0 Å². The first-order valence-electron chi connectivity index (χ1n) is 16.4. The first-order valence-corrected chi connectivity index (χ1v) is 16.4. The van der Waals surface area contributed by atoms with Gasteiger partial charge in [0, 0.05) is 6.20 Å². The zero-order chi connectivity index (χ0) is 30.3. The predicted octanol–water partition coefficient (Wildman–Crippen LogP) is 3.64. The number of aryl methyl sites for hydroxylation is 1. The molecule has 1 aromatic heterocycles. The van der Waals surface area contributed by atoms with Crippen molar-refractivity contribution in [2.75, 3.05) is 39.5 Å². The van der Waals surface area contributed by atoms with Gasteiger partial charge in [-0.1, -0.05) is 83.8 Å². The Bertz CT molecular complexity index is 711. The van der Waals surface area contributed by atoms with Gasteiger partial charge in [0.1, 0.15) is 24.4 Å². The molecule has 0 fully saturated rings. The van der Waals surface area contributed by atoms with Crippen molar-refractivity contribution in [1.82, 2.24) is 19.9 Å². The van der Waals surface area contributed by atoms with Gasteiger partial charge in [-0.3, -0.25) is 0 Å². The molecule has 0 aliphatic rings. The minimum absolute atomic E-state index is 0.0387. The van der Waals surface area contributed by atoms with Crippen molar-refractivity contribution < 1.29 is 30.3 Å². The van der Waals surface area contributed by atoms with Crippen LogP contribution in [-0.2, 0) is 11.2 Å². The molecule has 0 aromatic carbocycles. The van der Waals surface area contributed by atoms with Gasteiger partial charge in [-0.05, 0) is 58.2 Å². The molecule has 10 nitrogen and oxygen atoms in total. The first-order chi connectivity index (χ1) is 19.9. The lowest BCUT2D eigenvalue weighted by Gasteiger charge is -2.26. The van der Waals surface area contributed by atoms with Gasteiger partial charge in [-0.15, -0.1) is 5.10 Å². The summed E-state index contributed by atoms with van der Waals surface area (Å²) in [5.41, 5.74) is 0.827. The molecule has 0 radical (unpaired) electrons. The van der Waals surface area contributed by atoms with Gasteiger partial charge in [-0.25, -0.2) is 4.68 Å². The number of ether oxygens (including phenoxy) is 1. The number of hydrogen-bond acceptors (Lipinski definition) is 9. The number of aromatic nitrogens is 3. The summed E-state index contributed by atoms with van der Waals surface area (Å²) in [6.45, 7) is 9.02. The van der Waals surface area contributed by atoms with Crippen LogP contribution in [0.4, 0.5) is 0 Å². The lowest BCUT2D eigenvalue weighted by atomic mass is 10.0. The molecule has 0 spiro atoms. The maximum Gasteiger partial charge on any atom is 0.105 e. The van der Waals surface area contributed by atoms with E-state index in [2.05, 4.69) is 29.1 Å². The molecule has 0 saturated heterocycles. The fourth-order valence-corrected chi connectivity index (χ4v) is 4.99. The van der Waals surface area contributed by atoms with Crippen LogP contribution in [0.15, 0.2) is 6.20 Å². The summed E-state index contributed by atoms with van der Waals surface area (Å²) in [7, 11) is 0. The Morgan fingerprint density at radius 1 is 0.732 bits per heavy atom. The lowest BCUT2D eigenvalue weighted by molar-refractivity contribution is -0.0803. The fourth-order valence-electron chi connectivity index (χ4n) is 4.99. The van der Waals surface area contributed by atoms with Crippen LogP contribution in [-0.4, -0.2) is 109 Å². The summed E-state index contributed by atoms with van der Waals surface area (Å²) < 4.78 is 7.02. The number of nitrogens with zero attached hydrogens (tertiary/aromatic N) is 4. The molecule has 10 heteroatoms. The molecular weight excluding hydrogens is 524 g/mol. The van der Waals surface area contributed by atoms with E-state index in [0.717, 1.165) is 37.9 Å². The smallest absolute Gasteiger partial charge is 0.105 e. The monoisotopic (exact) mass is 586 g/mol. The molecule has 0 unspecified atom stereocenters. The van der Waals surface area contributed by atoms with E-state index >= 15 is 0 Å². The summed E-state index contributed by atoms with van der Waals surface area (Å²) in [4.78, 5) is 2.66. The predicted molar refractivity (Wildman–Crippen MR) is 163 cm³/mol. The molecule has 5 N–H and O–H groups in total. The maximum absolute atomic E-state index is 10.7. The Morgan fingerprint density at radius 3 is 1.83 bits per heavy atom. The third-order valence-electron chi connectivity index (χ3n) is 7.88. The number of unbranched alkanes of at least 4 members (excludes halogenated alkanes) is 10. The summed E-state index contributed by atoms with van der Waals surface area (Å²) >= 11 is 0. The second kappa shape index (κ2) is 24.3. The largest absolute Gasteiger partial charge is 0.394 e. The molecule has 0 aliphatic heterocycles. The number of aliphatic hydroxyl groups is 5. The van der Waals surface area contributed by atoms with Crippen molar-refractivity contribution in [3.8, 4) is 0 Å². The van der Waals surface area contributed by atoms with Gasteiger partial charge in [0.05, 0.1) is 31.6 Å². The van der Waals surface area contributed by atoms with E-state index in [1.165, 1.54) is 82.0 Å². The molecular formula is C31H62N4O6. The third kappa shape index (κ3) is 16.9. The topological polar surface area (TPSA) is 144 Å². The summed E-state index contributed by atoms with van der Waals surface area (Å²) in [5.74, 6) is 0. The molecule has 242 valence electrons. The zero-order valence-electron chi connectivity index (χ0n) is 26.2. The van der Waals surface area contributed by atoms with Crippen LogP contribution in [0.25, 0.3) is 0 Å². The highest BCUT2D eigenvalue weighted by Gasteiger charge is 2.29. The summed E-state index contributed by atoms with van der Waals surface area (Å²) in [6, 6.07) is -0.701. The van der Waals surface area contributed by atoms with Crippen LogP contribution < -0.4 is 0 Å². The molecule has 0 saturated carbocycles. The SMILES string of the molecule is CCCCCCCN(CCCCCCC)CCCCCc1cn([C@@H](COC[C@H](O)[C@@H](O)CO)[C@H](O)[C@H](O)CC)nn1. The maximum atomic E-state index is 10.7. The summed E-state index contributed by atoms with van der Waals surface area (Å²) in [6.07, 6.45) is 14.7. The highest BCUT2D eigenvalue weighted by molar-refractivity contribution is 4.95. The van der Waals surface area contributed by atoms with Gasteiger partial charge >= 0.3 is 0 Å². The number of rotatable bonds is 28. The van der Waals surface area contributed by atoms with Crippen molar-refractivity contribution in [1.29, 1.82) is 0 Å². The van der Waals surface area contributed by atoms with Gasteiger partial charge in [0.2, 0.25) is 0 Å². The molecule has 41 heavy (non-hydrogen) atoms. The van der Waals surface area contributed by atoms with E-state index in [9.17, 15) is 20.4 Å². The highest BCUT2D eigenvalue weighted by atomic mass is 16.5. The second-order valence-electron chi connectivity index (χ2n) is 11.6. The van der Waals surface area contributed by atoms with Crippen LogP contribution in [0.5, 0.6) is 0 Å². The van der Waals surface area contributed by atoms with Crippen molar-refractivity contribution in [3.63, 3.8) is 0 Å². The molecule has 0 bridgehead atoms. The standard InChI is InChI=1S/C31H62N4O6/c1-4-7-9-11-15-19-34(20-16-12-10-8-5-2)21-17-13-14-18-26-22-35(33-32-26)27(31(40)28(37)6-3)24-41-25-30(39)29(38)23-36/h22,27-31,36-40H,4-21,23-25H2,1-3H3/t27-,28+,29-,30-,31-/m0/s1. The molecule has 1 aromatic rings. The van der Waals surface area contributed by atoms with Crippen molar-refractivity contribution >= 4 is 0 Å². The van der Waals surface area contributed by atoms with Crippen molar-refractivity contribution in [2.45, 2.75) is 148 Å². The van der Waals surface area contributed by atoms with Crippen molar-refractivity contribution in [2.24, 2.45) is 0 Å². The van der Waals surface area contributed by atoms with Gasteiger partial charge in [0.25, 0.3) is 0 Å². The first kappa shape index (κ1) is 37.9. The van der Waals surface area contributed by atoms with Crippen LogP contribution >= 0.6 is 0 Å². The van der Waals surface area contributed by atoms with Crippen LogP contribution in [0.3, 0.4) is 0 Å². The zero-order valence-corrected chi connectivity index (χ0v) is 26.2. The van der Waals surface area contributed by atoms with Crippen LogP contribution in [0.2, 0.25) is 0 Å². The minimum Gasteiger partial charge on any atom is -0.394 e. The lowest BCUT2D eigenvalue weighted by Crippen LogP contribution is -2.39. The Labute approximate surface area is 249 Å². The Kier molecular flexibility index (Phi) is 22.5. The van der Waals surface area contributed by atoms with Gasteiger partial charge < -0.3 is 35.2 Å². The van der Waals surface area contributed by atoms with E-state index in [4.69, 9.17) is 9.84 Å². The quantitative estimate of drug-likeness (QED) is 0.0930.